The van der Waals surface area contributed by atoms with Crippen LogP contribution in [0.5, 0.6) is 0 Å². The minimum absolute atomic E-state index is 0. The molecule has 0 unspecified atom stereocenters. The van der Waals surface area contributed by atoms with Gasteiger partial charge in [0.15, 0.2) is 5.71 Å². The van der Waals surface area contributed by atoms with Gasteiger partial charge < -0.3 is 23.7 Å². The van der Waals surface area contributed by atoms with Crippen LogP contribution in [0.15, 0.2) is 101 Å². The summed E-state index contributed by atoms with van der Waals surface area (Å²) in [4.78, 5) is 18.1. The molecule has 3 aromatic carbocycles. The van der Waals surface area contributed by atoms with Crippen molar-refractivity contribution in [2.75, 3.05) is 23.0 Å². The number of hydrogen-bond acceptors (Lipinski definition) is 15. The first kappa shape index (κ1) is 64.0. The second kappa shape index (κ2) is 26.4. The Kier molecular flexibility index (Phi) is 24.1. The van der Waals surface area contributed by atoms with Crippen molar-refractivity contribution in [1.29, 1.82) is 0 Å². The van der Waals surface area contributed by atoms with Gasteiger partial charge in [-0.3, -0.25) is 4.79 Å². The number of unbranched alkanes of at least 4 members (excludes halogenated alkanes) is 2. The number of pyridine rings is 1. The molecule has 6 rings (SSSR count). The van der Waals surface area contributed by atoms with Crippen molar-refractivity contribution >= 4 is 92.1 Å². The molecule has 0 atom stereocenters. The second-order valence-corrected chi connectivity index (χ2v) is 22.2. The Morgan fingerprint density at radius 3 is 2.11 bits per heavy atom. The van der Waals surface area contributed by atoms with Gasteiger partial charge in [-0.15, -0.1) is 47.7 Å². The number of hydrogen-bond donors (Lipinski definition) is 1. The Morgan fingerprint density at radius 1 is 0.886 bits per heavy atom. The molecule has 2 aliphatic rings. The van der Waals surface area contributed by atoms with Crippen molar-refractivity contribution in [3.05, 3.63) is 124 Å². The summed E-state index contributed by atoms with van der Waals surface area (Å²) in [6, 6.07) is 18.4. The molecule has 1 aromatic heterocycles. The fourth-order valence-electron chi connectivity index (χ4n) is 8.23. The molecule has 25 heteroatoms. The summed E-state index contributed by atoms with van der Waals surface area (Å²) in [7, 11) is -16.7. The number of benzene rings is 3. The minimum Gasteiger partial charge on any atom is -0.752 e. The second-order valence-electron chi connectivity index (χ2n) is 16.9. The van der Waals surface area contributed by atoms with Crippen LogP contribution in [0.3, 0.4) is 0 Å². The summed E-state index contributed by atoms with van der Waals surface area (Å²) in [6.45, 7) is 8.60. The van der Waals surface area contributed by atoms with Crippen LogP contribution in [0.4, 0.5) is 11.5 Å². The fourth-order valence-corrected chi connectivity index (χ4v) is 10.0. The molecule has 0 fully saturated rings. The zero-order valence-electron chi connectivity index (χ0n) is 39.8. The largest absolute Gasteiger partial charge is 1.00 e. The van der Waals surface area contributed by atoms with Crippen molar-refractivity contribution in [3.63, 3.8) is 0 Å². The average Bonchev–Trinajstić information content (AvgIpc) is 3.59. The third-order valence-electron chi connectivity index (χ3n) is 11.4. The van der Waals surface area contributed by atoms with Crippen LogP contribution in [0, 0.1) is 6.07 Å². The number of halogens is 1. The molecule has 0 aliphatic carbocycles. The molecule has 1 N–H and O–H groups in total. The van der Waals surface area contributed by atoms with E-state index >= 15 is 0 Å². The van der Waals surface area contributed by atoms with E-state index in [0.29, 0.717) is 64.5 Å². The van der Waals surface area contributed by atoms with Gasteiger partial charge >= 0.3 is 111 Å². The molecule has 360 valence electrons. The Morgan fingerprint density at radius 2 is 1.51 bits per heavy atom. The standard InChI is InChI=1S/C45H50ClN3O11S3.3Na.O3S/c1-44(2)37-27-34(46)29-48(22-5-7-24-61(52,53)54)43(37)47-39(44)19-15-31(33-11-9-10-30(26-33)12-21-41(50)51)16-20-40-45(3,4)42-36-28-35(63(58,59)60)17-13-32(36)14-18-38(42)49(40)23-6-8-25-62(55,56)57;;;;1-4(2)3/h9-11,14-20,26-29H,5-8,12,21-25H2,1-4H3,(H,50,51)(H,52,53,54)(H,55,56,57)(H,58,59,60);;;;/q;3*+1;/p-3. The van der Waals surface area contributed by atoms with E-state index in [4.69, 9.17) is 29.2 Å². The zero-order chi connectivity index (χ0) is 49.7. The van der Waals surface area contributed by atoms with Gasteiger partial charge in [0.2, 0.25) is 0 Å². The maximum atomic E-state index is 12.2. The van der Waals surface area contributed by atoms with Crippen LogP contribution < -0.4 is 98.1 Å². The van der Waals surface area contributed by atoms with Crippen LogP contribution in [0.1, 0.15) is 82.1 Å². The van der Waals surface area contributed by atoms with Crippen molar-refractivity contribution in [3.8, 4) is 0 Å². The average molecular weight is 1090 g/mol. The number of aromatic nitrogens is 1. The Balaban J connectivity index is 0.00000231. The van der Waals surface area contributed by atoms with Gasteiger partial charge in [-0.05, 0) is 96.3 Å². The van der Waals surface area contributed by atoms with Crippen LogP contribution in [0.25, 0.3) is 16.3 Å². The van der Waals surface area contributed by atoms with E-state index < -0.39 is 74.2 Å². The monoisotopic (exact) mass is 1090 g/mol. The molecule has 0 saturated carbocycles. The number of aryl methyl sites for hydroxylation is 2. The van der Waals surface area contributed by atoms with E-state index in [1.165, 1.54) is 6.07 Å². The molecule has 0 radical (unpaired) electrons. The Bertz CT molecular complexity index is 3190. The number of aliphatic imine (C=N–C) groups is 1. The Hall–Kier alpha value is -2.13. The van der Waals surface area contributed by atoms with Crippen LogP contribution >= 0.6 is 11.6 Å². The van der Waals surface area contributed by atoms with Gasteiger partial charge in [0.1, 0.15) is 6.20 Å². The predicted octanol–water partition coefficient (Wildman–Crippen LogP) is -3.15. The molecule has 17 nitrogen and oxygen atoms in total. The van der Waals surface area contributed by atoms with Crippen LogP contribution in [0.2, 0.25) is 5.02 Å². The molecule has 4 aromatic rings. The van der Waals surface area contributed by atoms with Crippen LogP contribution in [-0.2, 0) is 69.6 Å². The smallest absolute Gasteiger partial charge is 0.752 e. The number of anilines is 1. The molecule has 0 amide bonds. The molecule has 0 spiro atoms. The van der Waals surface area contributed by atoms with Crippen molar-refractivity contribution in [2.24, 2.45) is 4.99 Å². The number of allylic oxidation sites excluding steroid dienone is 6. The number of rotatable bonds is 18. The van der Waals surface area contributed by atoms with Crippen molar-refractivity contribution in [2.45, 2.75) is 88.5 Å². The molecule has 0 bridgehead atoms. The fraction of sp³-hybridized carbons (Fsp3) is 0.356. The van der Waals surface area contributed by atoms with E-state index in [1.807, 2.05) is 97.9 Å². The third-order valence-corrected chi connectivity index (χ3v) is 14.0. The van der Waals surface area contributed by atoms with E-state index in [1.54, 1.807) is 12.3 Å². The number of nitrogens with zero attached hydrogens (tertiary/aromatic N) is 3. The van der Waals surface area contributed by atoms with E-state index in [-0.39, 0.29) is 114 Å². The number of carboxylic acids is 1. The summed E-state index contributed by atoms with van der Waals surface area (Å²) < 4.78 is 132. The minimum atomic E-state index is -4.82. The van der Waals surface area contributed by atoms with Gasteiger partial charge in [0.05, 0.1) is 52.9 Å². The maximum Gasteiger partial charge on any atom is 1.00 e. The zero-order valence-corrected chi connectivity index (χ0v) is 49.8. The molecule has 0 saturated heterocycles. The first-order valence-corrected chi connectivity index (χ1v) is 26.6. The summed E-state index contributed by atoms with van der Waals surface area (Å²) in [5.41, 5.74) is 4.53. The first-order chi connectivity index (χ1) is 31.1. The van der Waals surface area contributed by atoms with E-state index in [9.17, 15) is 48.8 Å². The summed E-state index contributed by atoms with van der Waals surface area (Å²) in [6.07, 6.45) is 10.6. The SMILES string of the molecule is CC1(C)C(C=CC(=CC=C2N(CCCCS(=O)(=O)[O-])c3ccc4[c-]cc(S(=O)(=O)[O-])cc4c3C2(C)C)c2cccc(CCC(=O)O)c2)=Nc2c1cc(Cl)c[n+]2CCCCS(=O)(=O)[O-].O=S(=O)=O.[Na+].[Na+].[Na+]. The first-order valence-electron chi connectivity index (χ1n) is 20.7. The Labute approximate surface area is 481 Å². The van der Waals surface area contributed by atoms with Crippen molar-refractivity contribution in [1.82, 2.24) is 0 Å². The van der Waals surface area contributed by atoms with Gasteiger partial charge in [-0.2, -0.15) is 0 Å². The number of carboxylic acid groups (broad SMARTS) is 1. The molecular weight excluding hydrogens is 1040 g/mol. The summed E-state index contributed by atoms with van der Waals surface area (Å²) >= 11 is 6.57. The van der Waals surface area contributed by atoms with E-state index in [0.717, 1.165) is 34.0 Å². The topological polar surface area (TPSA) is 280 Å². The van der Waals surface area contributed by atoms with Crippen LogP contribution in [-0.4, -0.2) is 86.4 Å². The van der Waals surface area contributed by atoms with Gasteiger partial charge in [0, 0.05) is 41.3 Å². The maximum absolute atomic E-state index is 12.2. The molecular formula is C45H47ClN3Na3O14S4. The van der Waals surface area contributed by atoms with E-state index in [2.05, 4.69) is 6.07 Å². The predicted molar refractivity (Wildman–Crippen MR) is 248 cm³/mol. The number of aliphatic carboxylic acids is 1. The third kappa shape index (κ3) is 17.2. The van der Waals surface area contributed by atoms with Gasteiger partial charge in [0.25, 0.3) is 0 Å². The molecule has 2 aliphatic heterocycles. The molecule has 70 heavy (non-hydrogen) atoms. The quantitative estimate of drug-likeness (QED) is 0.0257. The summed E-state index contributed by atoms with van der Waals surface area (Å²) in [5, 5.41) is 11.0. The molecule has 3 heterocycles. The normalized spacial score (nSPS) is 15.5. The van der Waals surface area contributed by atoms with Crippen molar-refractivity contribution < 1.29 is 155 Å². The van der Waals surface area contributed by atoms with Gasteiger partial charge in [-0.1, -0.05) is 67.9 Å². The number of fused-ring (bicyclic) bond motifs is 4. The number of carbonyl (C=O) groups is 1. The summed E-state index contributed by atoms with van der Waals surface area (Å²) in [5.74, 6) is -1.31. The van der Waals surface area contributed by atoms with Gasteiger partial charge in [-0.25, -0.2) is 29.8 Å².